The zero-order valence-corrected chi connectivity index (χ0v) is 15.8. The first-order valence-electron chi connectivity index (χ1n) is 7.70. The van der Waals surface area contributed by atoms with E-state index in [2.05, 4.69) is 97.5 Å². The van der Waals surface area contributed by atoms with Gasteiger partial charge in [0.2, 0.25) is 0 Å². The van der Waals surface area contributed by atoms with Crippen molar-refractivity contribution in [2.75, 3.05) is 0 Å². The molecule has 2 aromatic heterocycles. The molecule has 4 aromatic rings. The van der Waals surface area contributed by atoms with Gasteiger partial charge in [0.05, 0.1) is 0 Å². The van der Waals surface area contributed by atoms with Crippen molar-refractivity contribution >= 4 is 53.7 Å². The van der Waals surface area contributed by atoms with Gasteiger partial charge in [0.25, 0.3) is 0 Å². The van der Waals surface area contributed by atoms with Crippen molar-refractivity contribution in [3.8, 4) is 0 Å². The standard InChI is InChI=1S/C19H16Br2N2/c1-2-13(16-9-22-18-5-3-11(20)7-14(16)18)17-10-23-19-6-4-12(21)8-15(17)19/h3-10,13,22-23H,2H2,1H3. The zero-order valence-electron chi connectivity index (χ0n) is 12.7. The second kappa shape index (κ2) is 5.84. The van der Waals surface area contributed by atoms with Crippen molar-refractivity contribution in [3.05, 3.63) is 68.9 Å². The molecule has 2 aromatic carbocycles. The number of fused-ring (bicyclic) bond motifs is 2. The van der Waals surface area contributed by atoms with Crippen molar-refractivity contribution in [2.24, 2.45) is 0 Å². The summed E-state index contributed by atoms with van der Waals surface area (Å²) in [6.45, 7) is 2.25. The van der Waals surface area contributed by atoms with E-state index >= 15 is 0 Å². The molecule has 0 unspecified atom stereocenters. The molecule has 0 spiro atoms. The molecule has 2 nitrogen and oxygen atoms in total. The molecule has 0 bridgehead atoms. The lowest BCUT2D eigenvalue weighted by Gasteiger charge is -2.14. The van der Waals surface area contributed by atoms with Gasteiger partial charge in [0.1, 0.15) is 0 Å². The van der Waals surface area contributed by atoms with Crippen molar-refractivity contribution in [1.82, 2.24) is 9.97 Å². The van der Waals surface area contributed by atoms with Gasteiger partial charge in [-0.15, -0.1) is 0 Å². The third-order valence-electron chi connectivity index (χ3n) is 4.51. The highest BCUT2D eigenvalue weighted by Crippen LogP contribution is 2.38. The topological polar surface area (TPSA) is 31.6 Å². The van der Waals surface area contributed by atoms with Gasteiger partial charge in [0, 0.05) is 49.1 Å². The number of hydrogen-bond donors (Lipinski definition) is 2. The van der Waals surface area contributed by atoms with E-state index < -0.39 is 0 Å². The van der Waals surface area contributed by atoms with Crippen LogP contribution in [0.25, 0.3) is 21.8 Å². The third kappa shape index (κ3) is 2.54. The van der Waals surface area contributed by atoms with Gasteiger partial charge in [-0.2, -0.15) is 0 Å². The summed E-state index contributed by atoms with van der Waals surface area (Å²) < 4.78 is 2.23. The molecule has 0 aliphatic heterocycles. The van der Waals surface area contributed by atoms with E-state index in [1.54, 1.807) is 0 Å². The zero-order chi connectivity index (χ0) is 16.0. The fourth-order valence-electron chi connectivity index (χ4n) is 3.41. The van der Waals surface area contributed by atoms with Crippen molar-refractivity contribution < 1.29 is 0 Å². The van der Waals surface area contributed by atoms with Crippen LogP contribution in [0.3, 0.4) is 0 Å². The Morgan fingerprint density at radius 3 is 1.74 bits per heavy atom. The van der Waals surface area contributed by atoms with Gasteiger partial charge in [-0.3, -0.25) is 0 Å². The molecular weight excluding hydrogens is 416 g/mol. The van der Waals surface area contributed by atoms with Crippen LogP contribution in [0, 0.1) is 0 Å². The molecule has 2 N–H and O–H groups in total. The van der Waals surface area contributed by atoms with Crippen LogP contribution < -0.4 is 0 Å². The summed E-state index contributed by atoms with van der Waals surface area (Å²) in [7, 11) is 0. The van der Waals surface area contributed by atoms with Crippen molar-refractivity contribution in [1.29, 1.82) is 0 Å². The van der Waals surface area contributed by atoms with Gasteiger partial charge in [-0.1, -0.05) is 38.8 Å². The van der Waals surface area contributed by atoms with Crippen LogP contribution in [-0.4, -0.2) is 9.97 Å². The van der Waals surface area contributed by atoms with Crippen LogP contribution in [0.1, 0.15) is 30.4 Å². The smallest absolute Gasteiger partial charge is 0.0457 e. The molecule has 0 fully saturated rings. The summed E-state index contributed by atoms with van der Waals surface area (Å²) in [5.74, 6) is 0.362. The highest BCUT2D eigenvalue weighted by molar-refractivity contribution is 9.10. The molecular formula is C19H16Br2N2. The van der Waals surface area contributed by atoms with Crippen LogP contribution in [0.15, 0.2) is 57.7 Å². The van der Waals surface area contributed by atoms with E-state index in [0.29, 0.717) is 5.92 Å². The third-order valence-corrected chi connectivity index (χ3v) is 5.50. The van der Waals surface area contributed by atoms with Crippen molar-refractivity contribution in [2.45, 2.75) is 19.3 Å². The van der Waals surface area contributed by atoms with E-state index in [0.717, 1.165) is 15.4 Å². The summed E-state index contributed by atoms with van der Waals surface area (Å²) in [5.41, 5.74) is 5.07. The Morgan fingerprint density at radius 2 is 1.30 bits per heavy atom. The minimum atomic E-state index is 0.362. The molecule has 0 saturated carbocycles. The highest BCUT2D eigenvalue weighted by Gasteiger charge is 2.19. The van der Waals surface area contributed by atoms with Crippen LogP contribution in [0.2, 0.25) is 0 Å². The first kappa shape index (κ1) is 15.0. The van der Waals surface area contributed by atoms with Gasteiger partial charge in [-0.25, -0.2) is 0 Å². The van der Waals surface area contributed by atoms with Gasteiger partial charge in [-0.05, 0) is 53.9 Å². The predicted octanol–water partition coefficient (Wildman–Crippen LogP) is 6.72. The molecule has 23 heavy (non-hydrogen) atoms. The highest BCUT2D eigenvalue weighted by atomic mass is 79.9. The molecule has 0 aliphatic carbocycles. The first-order chi connectivity index (χ1) is 11.2. The average molecular weight is 432 g/mol. The summed E-state index contributed by atoms with van der Waals surface area (Å²) >= 11 is 7.19. The number of aromatic amines is 2. The van der Waals surface area contributed by atoms with E-state index in [1.165, 1.54) is 32.9 Å². The number of H-pyrrole nitrogens is 2. The Balaban J connectivity index is 1.92. The van der Waals surface area contributed by atoms with E-state index in [9.17, 15) is 0 Å². The van der Waals surface area contributed by atoms with E-state index in [1.807, 2.05) is 0 Å². The lowest BCUT2D eigenvalue weighted by atomic mass is 9.89. The Hall–Kier alpha value is -1.52. The molecule has 0 saturated heterocycles. The fraction of sp³-hybridized carbons (Fsp3) is 0.158. The molecule has 2 heterocycles. The largest absolute Gasteiger partial charge is 0.361 e. The SMILES string of the molecule is CCC(c1c[nH]c2ccc(Br)cc12)c1c[nH]c2ccc(Br)cc12. The number of benzene rings is 2. The Kier molecular flexibility index (Phi) is 3.82. The summed E-state index contributed by atoms with van der Waals surface area (Å²) in [6.07, 6.45) is 5.36. The average Bonchev–Trinajstić information content (AvgIpc) is 3.13. The van der Waals surface area contributed by atoms with Gasteiger partial charge < -0.3 is 9.97 Å². The minimum absolute atomic E-state index is 0.362. The van der Waals surface area contributed by atoms with Crippen LogP contribution in [0.5, 0.6) is 0 Å². The van der Waals surface area contributed by atoms with Gasteiger partial charge in [0.15, 0.2) is 0 Å². The number of halogens is 2. The first-order valence-corrected chi connectivity index (χ1v) is 9.29. The van der Waals surface area contributed by atoms with E-state index in [4.69, 9.17) is 0 Å². The van der Waals surface area contributed by atoms with Crippen LogP contribution in [-0.2, 0) is 0 Å². The maximum Gasteiger partial charge on any atom is 0.0457 e. The lowest BCUT2D eigenvalue weighted by molar-refractivity contribution is 0.789. The second-order valence-corrected chi connectivity index (χ2v) is 7.66. The number of aromatic nitrogens is 2. The number of hydrogen-bond acceptors (Lipinski definition) is 0. The van der Waals surface area contributed by atoms with E-state index in [-0.39, 0.29) is 0 Å². The fourth-order valence-corrected chi connectivity index (χ4v) is 4.13. The maximum atomic E-state index is 3.59. The normalized spacial score (nSPS) is 11.8. The Morgan fingerprint density at radius 1 is 0.826 bits per heavy atom. The molecule has 0 aliphatic rings. The van der Waals surface area contributed by atoms with Crippen LogP contribution in [0.4, 0.5) is 0 Å². The molecule has 4 rings (SSSR count). The summed E-state index contributed by atoms with van der Waals surface area (Å²) in [6, 6.07) is 12.8. The minimum Gasteiger partial charge on any atom is -0.361 e. The number of nitrogens with one attached hydrogen (secondary N) is 2. The molecule has 4 heteroatoms. The second-order valence-electron chi connectivity index (χ2n) is 5.83. The summed E-state index contributed by atoms with van der Waals surface area (Å²) in [5, 5.41) is 2.58. The molecule has 0 amide bonds. The predicted molar refractivity (Wildman–Crippen MR) is 104 cm³/mol. The molecule has 0 atom stereocenters. The molecule has 0 radical (unpaired) electrons. The molecule has 116 valence electrons. The summed E-state index contributed by atoms with van der Waals surface area (Å²) in [4.78, 5) is 6.82. The monoisotopic (exact) mass is 430 g/mol. The van der Waals surface area contributed by atoms with Crippen LogP contribution >= 0.6 is 31.9 Å². The Labute approximate surface area is 151 Å². The quantitative estimate of drug-likeness (QED) is 0.361. The van der Waals surface area contributed by atoms with Crippen molar-refractivity contribution in [3.63, 3.8) is 0 Å². The number of rotatable bonds is 3. The van der Waals surface area contributed by atoms with Gasteiger partial charge >= 0.3 is 0 Å². The Bertz CT molecular complexity index is 917. The lowest BCUT2D eigenvalue weighted by Crippen LogP contribution is -1.98. The maximum absolute atomic E-state index is 3.59.